The number of rotatable bonds is 2. The Morgan fingerprint density at radius 3 is 2.83 bits per heavy atom. The van der Waals surface area contributed by atoms with E-state index in [-0.39, 0.29) is 5.88 Å². The summed E-state index contributed by atoms with van der Waals surface area (Å²) in [5, 5.41) is 8.35. The lowest BCUT2D eigenvalue weighted by Crippen LogP contribution is -1.95. The van der Waals surface area contributed by atoms with E-state index in [1.807, 2.05) is 30.5 Å². The average molecular weight is 261 g/mol. The maximum atomic E-state index is 6.24. The number of hydrogen-bond acceptors (Lipinski definition) is 4. The summed E-state index contributed by atoms with van der Waals surface area (Å²) in [6.45, 7) is 0. The maximum absolute atomic E-state index is 6.24. The highest BCUT2D eigenvalue weighted by Crippen LogP contribution is 2.30. The van der Waals surface area contributed by atoms with Crippen LogP contribution in [0.3, 0.4) is 0 Å². The second kappa shape index (κ2) is 4.19. The predicted molar refractivity (Wildman–Crippen MR) is 68.5 cm³/mol. The van der Waals surface area contributed by atoms with Crippen LogP contribution in [0.1, 0.15) is 0 Å². The molecule has 0 unspecified atom stereocenters. The molecule has 6 heteroatoms. The zero-order chi connectivity index (χ0) is 12.5. The van der Waals surface area contributed by atoms with Crippen LogP contribution in [0.15, 0.2) is 47.4 Å². The molecule has 0 aliphatic carbocycles. The molecule has 0 aliphatic rings. The summed E-state index contributed by atoms with van der Waals surface area (Å²) in [5.41, 5.74) is 8.05. The fourth-order valence-corrected chi connectivity index (χ4v) is 2.00. The lowest BCUT2D eigenvalue weighted by molar-refractivity contribution is 0.436. The van der Waals surface area contributed by atoms with E-state index in [0.29, 0.717) is 5.02 Å². The van der Waals surface area contributed by atoms with Gasteiger partial charge in [0.2, 0.25) is 5.88 Å². The van der Waals surface area contributed by atoms with Crippen LogP contribution in [0.5, 0.6) is 0 Å². The Labute approximate surface area is 108 Å². The Bertz CT molecular complexity index is 675. The Morgan fingerprint density at radius 2 is 2.22 bits per heavy atom. The van der Waals surface area contributed by atoms with Gasteiger partial charge in [-0.15, -0.1) is 0 Å². The van der Waals surface area contributed by atoms with Crippen LogP contribution in [0.25, 0.3) is 16.8 Å². The SMILES string of the molecule is Nc1oncc1-c1ccc(-n2cccn2)c(Cl)c1. The standard InChI is InChI=1S/C12H9ClN4O/c13-10-6-8(9-7-16-18-12(9)14)2-3-11(10)17-5-1-4-15-17/h1-7H,14H2. The quantitative estimate of drug-likeness (QED) is 0.769. The van der Waals surface area contributed by atoms with E-state index in [4.69, 9.17) is 21.9 Å². The summed E-state index contributed by atoms with van der Waals surface area (Å²) in [4.78, 5) is 0. The van der Waals surface area contributed by atoms with Gasteiger partial charge in [0.15, 0.2) is 0 Å². The minimum Gasteiger partial charge on any atom is -0.367 e. The number of anilines is 1. The minimum absolute atomic E-state index is 0.276. The van der Waals surface area contributed by atoms with Crippen molar-refractivity contribution in [1.82, 2.24) is 14.9 Å². The maximum Gasteiger partial charge on any atom is 0.229 e. The molecule has 0 saturated heterocycles. The Hall–Kier alpha value is -2.27. The smallest absolute Gasteiger partial charge is 0.229 e. The fourth-order valence-electron chi connectivity index (χ4n) is 1.74. The normalized spacial score (nSPS) is 10.7. The van der Waals surface area contributed by atoms with E-state index in [9.17, 15) is 0 Å². The summed E-state index contributed by atoms with van der Waals surface area (Å²) < 4.78 is 6.53. The van der Waals surface area contributed by atoms with Crippen molar-refractivity contribution in [2.75, 3.05) is 5.73 Å². The molecule has 18 heavy (non-hydrogen) atoms. The predicted octanol–water partition coefficient (Wildman–Crippen LogP) is 2.76. The monoisotopic (exact) mass is 260 g/mol. The summed E-state index contributed by atoms with van der Waals surface area (Å²) in [7, 11) is 0. The van der Waals surface area contributed by atoms with E-state index in [0.717, 1.165) is 16.8 Å². The van der Waals surface area contributed by atoms with Crippen LogP contribution in [-0.2, 0) is 0 Å². The highest BCUT2D eigenvalue weighted by atomic mass is 35.5. The molecule has 3 rings (SSSR count). The zero-order valence-corrected chi connectivity index (χ0v) is 10.0. The number of halogens is 1. The third kappa shape index (κ3) is 1.74. The summed E-state index contributed by atoms with van der Waals surface area (Å²) >= 11 is 6.24. The van der Waals surface area contributed by atoms with Crippen molar-refractivity contribution in [2.24, 2.45) is 0 Å². The van der Waals surface area contributed by atoms with E-state index in [2.05, 4.69) is 10.3 Å². The fraction of sp³-hybridized carbons (Fsp3) is 0. The number of benzene rings is 1. The van der Waals surface area contributed by atoms with Gasteiger partial charge in [0.25, 0.3) is 0 Å². The van der Waals surface area contributed by atoms with Gasteiger partial charge in [0, 0.05) is 12.4 Å². The molecule has 0 radical (unpaired) electrons. The largest absolute Gasteiger partial charge is 0.367 e. The zero-order valence-electron chi connectivity index (χ0n) is 9.25. The van der Waals surface area contributed by atoms with Crippen LogP contribution in [-0.4, -0.2) is 14.9 Å². The molecule has 3 aromatic rings. The molecule has 0 bridgehead atoms. The first-order valence-electron chi connectivity index (χ1n) is 5.26. The molecule has 0 saturated carbocycles. The van der Waals surface area contributed by atoms with Gasteiger partial charge in [-0.05, 0) is 23.8 Å². The first-order chi connectivity index (χ1) is 8.75. The lowest BCUT2D eigenvalue weighted by Gasteiger charge is -2.06. The summed E-state index contributed by atoms with van der Waals surface area (Å²) in [6.07, 6.45) is 5.09. The van der Waals surface area contributed by atoms with Crippen molar-refractivity contribution in [3.05, 3.63) is 47.9 Å². The molecular weight excluding hydrogens is 252 g/mol. The number of nitrogens with two attached hydrogens (primary N) is 1. The van der Waals surface area contributed by atoms with Crippen molar-refractivity contribution >= 4 is 17.5 Å². The summed E-state index contributed by atoms with van der Waals surface area (Å²) in [5.74, 6) is 0.276. The average Bonchev–Trinajstić information content (AvgIpc) is 2.99. The number of hydrogen-bond donors (Lipinski definition) is 1. The van der Waals surface area contributed by atoms with Gasteiger partial charge >= 0.3 is 0 Å². The van der Waals surface area contributed by atoms with Crippen LogP contribution >= 0.6 is 11.6 Å². The van der Waals surface area contributed by atoms with Crippen molar-refractivity contribution in [2.45, 2.75) is 0 Å². The minimum atomic E-state index is 0.276. The molecule has 0 atom stereocenters. The molecule has 0 fully saturated rings. The summed E-state index contributed by atoms with van der Waals surface area (Å²) in [6, 6.07) is 7.41. The van der Waals surface area contributed by atoms with Gasteiger partial charge in [0.1, 0.15) is 0 Å². The van der Waals surface area contributed by atoms with Crippen molar-refractivity contribution in [3.8, 4) is 16.8 Å². The van der Waals surface area contributed by atoms with Gasteiger partial charge in [-0.1, -0.05) is 22.8 Å². The van der Waals surface area contributed by atoms with Crippen LogP contribution in [0.2, 0.25) is 5.02 Å². The number of nitrogen functional groups attached to an aromatic ring is 1. The molecule has 2 N–H and O–H groups in total. The Kier molecular flexibility index (Phi) is 2.53. The van der Waals surface area contributed by atoms with Crippen LogP contribution in [0, 0.1) is 0 Å². The van der Waals surface area contributed by atoms with E-state index in [1.165, 1.54) is 0 Å². The van der Waals surface area contributed by atoms with E-state index in [1.54, 1.807) is 17.1 Å². The van der Waals surface area contributed by atoms with Gasteiger partial charge in [0.05, 0.1) is 22.5 Å². The van der Waals surface area contributed by atoms with Gasteiger partial charge in [-0.25, -0.2) is 4.68 Å². The van der Waals surface area contributed by atoms with Gasteiger partial charge in [-0.3, -0.25) is 0 Å². The van der Waals surface area contributed by atoms with E-state index < -0.39 is 0 Å². The third-order valence-electron chi connectivity index (χ3n) is 2.61. The molecule has 2 aromatic heterocycles. The van der Waals surface area contributed by atoms with Gasteiger partial charge in [-0.2, -0.15) is 5.10 Å². The van der Waals surface area contributed by atoms with Crippen LogP contribution in [0.4, 0.5) is 5.88 Å². The first-order valence-corrected chi connectivity index (χ1v) is 5.63. The second-order valence-electron chi connectivity index (χ2n) is 3.72. The first kappa shape index (κ1) is 10.9. The molecule has 1 aromatic carbocycles. The third-order valence-corrected chi connectivity index (χ3v) is 2.91. The van der Waals surface area contributed by atoms with Gasteiger partial charge < -0.3 is 10.3 Å². The number of nitrogens with zero attached hydrogens (tertiary/aromatic N) is 3. The number of aromatic nitrogens is 3. The molecule has 2 heterocycles. The highest BCUT2D eigenvalue weighted by Gasteiger charge is 2.10. The highest BCUT2D eigenvalue weighted by molar-refractivity contribution is 6.32. The molecule has 0 amide bonds. The Balaban J connectivity index is 2.07. The molecule has 0 aliphatic heterocycles. The topological polar surface area (TPSA) is 69.9 Å². The Morgan fingerprint density at radius 1 is 1.33 bits per heavy atom. The van der Waals surface area contributed by atoms with Crippen LogP contribution < -0.4 is 5.73 Å². The molecule has 90 valence electrons. The molecule has 5 nitrogen and oxygen atoms in total. The molecule has 0 spiro atoms. The molecular formula is C12H9ClN4O. The van der Waals surface area contributed by atoms with Crippen molar-refractivity contribution < 1.29 is 4.52 Å². The second-order valence-corrected chi connectivity index (χ2v) is 4.13. The lowest BCUT2D eigenvalue weighted by atomic mass is 10.1. The van der Waals surface area contributed by atoms with Crippen molar-refractivity contribution in [1.29, 1.82) is 0 Å². The van der Waals surface area contributed by atoms with Crippen molar-refractivity contribution in [3.63, 3.8) is 0 Å². The van der Waals surface area contributed by atoms with E-state index >= 15 is 0 Å².